The van der Waals surface area contributed by atoms with Crippen LogP contribution in [0.15, 0.2) is 41.3 Å². The number of non-ortho nitro benzene ring substituents is 1. The summed E-state index contributed by atoms with van der Waals surface area (Å²) in [5.74, 6) is 0. The first-order valence-corrected chi connectivity index (χ1v) is 9.97. The van der Waals surface area contributed by atoms with Gasteiger partial charge in [-0.15, -0.1) is 0 Å². The van der Waals surface area contributed by atoms with Crippen molar-refractivity contribution in [2.24, 2.45) is 0 Å². The molecule has 1 saturated carbocycles. The highest BCUT2D eigenvalue weighted by Gasteiger charge is 2.39. The van der Waals surface area contributed by atoms with E-state index in [1.165, 1.54) is 16.4 Å². The van der Waals surface area contributed by atoms with Crippen molar-refractivity contribution in [3.05, 3.63) is 68.8 Å². The van der Waals surface area contributed by atoms with Gasteiger partial charge in [0.05, 0.1) is 9.82 Å². The van der Waals surface area contributed by atoms with E-state index in [-0.39, 0.29) is 23.2 Å². The summed E-state index contributed by atoms with van der Waals surface area (Å²) < 4.78 is 28.2. The predicted octanol–water partition coefficient (Wildman–Crippen LogP) is 3.87. The highest BCUT2D eigenvalue weighted by Crippen LogP contribution is 2.36. The largest absolute Gasteiger partial charge is 0.271 e. The molecular weight excluding hydrogens is 352 g/mol. The molecule has 0 saturated heterocycles. The van der Waals surface area contributed by atoms with Crippen LogP contribution in [0.3, 0.4) is 0 Å². The summed E-state index contributed by atoms with van der Waals surface area (Å²) >= 11 is 0. The smallest absolute Gasteiger partial charge is 0.258 e. The fourth-order valence-electron chi connectivity index (χ4n) is 2.95. The number of hydrogen-bond donors (Lipinski definition) is 0. The maximum absolute atomic E-state index is 13.3. The van der Waals surface area contributed by atoms with Gasteiger partial charge in [0, 0.05) is 24.7 Å². The van der Waals surface area contributed by atoms with E-state index < -0.39 is 14.9 Å². The van der Waals surface area contributed by atoms with Crippen molar-refractivity contribution in [3.63, 3.8) is 0 Å². The van der Waals surface area contributed by atoms with Gasteiger partial charge in [0.2, 0.25) is 10.0 Å². The van der Waals surface area contributed by atoms with E-state index in [2.05, 4.69) is 0 Å². The number of nitro benzene ring substituents is 1. The zero-order chi connectivity index (χ0) is 19.1. The van der Waals surface area contributed by atoms with Crippen molar-refractivity contribution in [1.29, 1.82) is 0 Å². The molecule has 0 N–H and O–H groups in total. The molecule has 26 heavy (non-hydrogen) atoms. The molecule has 0 unspecified atom stereocenters. The van der Waals surface area contributed by atoms with Crippen LogP contribution in [0.25, 0.3) is 0 Å². The highest BCUT2D eigenvalue weighted by atomic mass is 32.2. The fourth-order valence-corrected chi connectivity index (χ4v) is 4.95. The van der Waals surface area contributed by atoms with E-state index >= 15 is 0 Å². The summed E-state index contributed by atoms with van der Waals surface area (Å²) in [4.78, 5) is 10.7. The number of rotatable bonds is 6. The molecule has 3 rings (SSSR count). The Bertz CT molecular complexity index is 948. The van der Waals surface area contributed by atoms with Gasteiger partial charge in [-0.25, -0.2) is 8.42 Å². The summed E-state index contributed by atoms with van der Waals surface area (Å²) in [7, 11) is -3.83. The number of nitro groups is 1. The van der Waals surface area contributed by atoms with Gasteiger partial charge in [-0.05, 0) is 50.3 Å². The third kappa shape index (κ3) is 3.64. The van der Waals surface area contributed by atoms with Gasteiger partial charge in [0.15, 0.2) is 0 Å². The Labute approximate surface area is 153 Å². The standard InChI is InChI=1S/C19H22N2O4S/c1-13-4-6-16(7-5-13)12-20(17-8-9-17)26(24,25)19-11-18(21(22)23)10-14(2)15(19)3/h4-7,10-11,17H,8-9,12H2,1-3H3. The molecule has 0 aliphatic heterocycles. The molecule has 0 spiro atoms. The molecule has 7 heteroatoms. The third-order valence-corrected chi connectivity index (χ3v) is 6.84. The number of benzene rings is 2. The van der Waals surface area contributed by atoms with E-state index in [0.29, 0.717) is 11.1 Å². The molecule has 1 aliphatic carbocycles. The van der Waals surface area contributed by atoms with Gasteiger partial charge in [0.1, 0.15) is 0 Å². The van der Waals surface area contributed by atoms with Crippen LogP contribution in [0.1, 0.15) is 35.1 Å². The Morgan fingerprint density at radius 3 is 2.27 bits per heavy atom. The molecule has 0 bridgehead atoms. The lowest BCUT2D eigenvalue weighted by Crippen LogP contribution is -2.33. The van der Waals surface area contributed by atoms with Crippen LogP contribution in [-0.4, -0.2) is 23.7 Å². The maximum Gasteiger partial charge on any atom is 0.271 e. The van der Waals surface area contributed by atoms with E-state index in [0.717, 1.165) is 24.0 Å². The molecule has 6 nitrogen and oxygen atoms in total. The number of sulfonamides is 1. The second-order valence-corrected chi connectivity index (χ2v) is 8.77. The molecule has 2 aromatic carbocycles. The SMILES string of the molecule is Cc1ccc(CN(C2CC2)S(=O)(=O)c2cc([N+](=O)[O-])cc(C)c2C)cc1. The van der Waals surface area contributed by atoms with Crippen LogP contribution >= 0.6 is 0 Å². The molecule has 0 radical (unpaired) electrons. The van der Waals surface area contributed by atoms with Gasteiger partial charge in [0.25, 0.3) is 5.69 Å². The molecule has 0 amide bonds. The average Bonchev–Trinajstić information content (AvgIpc) is 3.40. The molecule has 138 valence electrons. The first kappa shape index (κ1) is 18.5. The Kier molecular flexibility index (Phi) is 4.86. The fraction of sp³-hybridized carbons (Fsp3) is 0.368. The van der Waals surface area contributed by atoms with E-state index in [9.17, 15) is 18.5 Å². The summed E-state index contributed by atoms with van der Waals surface area (Å²) in [6.45, 7) is 5.65. The Hall–Kier alpha value is -2.25. The van der Waals surface area contributed by atoms with Gasteiger partial charge in [-0.2, -0.15) is 4.31 Å². The normalized spacial score (nSPS) is 14.6. The average molecular weight is 374 g/mol. The summed E-state index contributed by atoms with van der Waals surface area (Å²) in [6, 6.07) is 10.3. The van der Waals surface area contributed by atoms with Crippen LogP contribution in [0, 0.1) is 30.9 Å². The number of hydrogen-bond acceptors (Lipinski definition) is 4. The van der Waals surface area contributed by atoms with Crippen LogP contribution < -0.4 is 0 Å². The Morgan fingerprint density at radius 1 is 1.12 bits per heavy atom. The first-order chi connectivity index (χ1) is 12.2. The molecule has 2 aromatic rings. The van der Waals surface area contributed by atoms with Crippen molar-refractivity contribution >= 4 is 15.7 Å². The van der Waals surface area contributed by atoms with Crippen LogP contribution in [0.4, 0.5) is 5.69 Å². The third-order valence-electron chi connectivity index (χ3n) is 4.82. The predicted molar refractivity (Wildman–Crippen MR) is 99.5 cm³/mol. The summed E-state index contributed by atoms with van der Waals surface area (Å²) in [6.07, 6.45) is 1.64. The number of aryl methyl sites for hydroxylation is 2. The van der Waals surface area contributed by atoms with Crippen molar-refractivity contribution in [3.8, 4) is 0 Å². The lowest BCUT2D eigenvalue weighted by molar-refractivity contribution is -0.385. The van der Waals surface area contributed by atoms with Crippen molar-refractivity contribution in [2.45, 2.75) is 51.1 Å². The molecule has 0 heterocycles. The van der Waals surface area contributed by atoms with Gasteiger partial charge < -0.3 is 0 Å². The molecule has 0 aromatic heterocycles. The van der Waals surface area contributed by atoms with Gasteiger partial charge in [-0.1, -0.05) is 29.8 Å². The molecule has 1 fully saturated rings. The van der Waals surface area contributed by atoms with Crippen molar-refractivity contribution in [2.75, 3.05) is 0 Å². The van der Waals surface area contributed by atoms with E-state index in [1.54, 1.807) is 13.8 Å². The lowest BCUT2D eigenvalue weighted by Gasteiger charge is -2.23. The van der Waals surface area contributed by atoms with Gasteiger partial charge in [-0.3, -0.25) is 10.1 Å². The minimum atomic E-state index is -3.83. The Morgan fingerprint density at radius 2 is 1.73 bits per heavy atom. The summed E-state index contributed by atoms with van der Waals surface area (Å²) in [5.41, 5.74) is 2.98. The first-order valence-electron chi connectivity index (χ1n) is 8.53. The van der Waals surface area contributed by atoms with Crippen LogP contribution in [0.5, 0.6) is 0 Å². The minimum Gasteiger partial charge on any atom is -0.258 e. The topological polar surface area (TPSA) is 80.5 Å². The lowest BCUT2D eigenvalue weighted by atomic mass is 10.1. The minimum absolute atomic E-state index is 0.0308. The molecular formula is C19H22N2O4S. The Balaban J connectivity index is 2.04. The highest BCUT2D eigenvalue weighted by molar-refractivity contribution is 7.89. The monoisotopic (exact) mass is 374 g/mol. The molecule has 1 aliphatic rings. The van der Waals surface area contributed by atoms with Crippen LogP contribution in [0.2, 0.25) is 0 Å². The zero-order valence-electron chi connectivity index (χ0n) is 15.1. The van der Waals surface area contributed by atoms with Crippen LogP contribution in [-0.2, 0) is 16.6 Å². The second-order valence-electron chi connectivity index (χ2n) is 6.91. The number of nitrogens with zero attached hydrogens (tertiary/aromatic N) is 2. The summed E-state index contributed by atoms with van der Waals surface area (Å²) in [5, 5.41) is 11.2. The van der Waals surface area contributed by atoms with Crippen molar-refractivity contribution < 1.29 is 13.3 Å². The molecule has 0 atom stereocenters. The second kappa shape index (κ2) is 6.81. The zero-order valence-corrected chi connectivity index (χ0v) is 15.9. The van der Waals surface area contributed by atoms with Crippen molar-refractivity contribution in [1.82, 2.24) is 4.31 Å². The maximum atomic E-state index is 13.3. The van der Waals surface area contributed by atoms with E-state index in [1.807, 2.05) is 31.2 Å². The quantitative estimate of drug-likeness (QED) is 0.568. The van der Waals surface area contributed by atoms with E-state index in [4.69, 9.17) is 0 Å². The van der Waals surface area contributed by atoms with Gasteiger partial charge >= 0.3 is 0 Å².